The van der Waals surface area contributed by atoms with Crippen molar-refractivity contribution >= 4 is 33.8 Å². The second-order valence-corrected chi connectivity index (χ2v) is 7.82. The largest absolute Gasteiger partial charge is 0.477 e. The number of rotatable bonds is 5. The Morgan fingerprint density at radius 2 is 2.15 bits per heavy atom. The van der Waals surface area contributed by atoms with E-state index in [1.807, 2.05) is 0 Å². The molecular weight excluding hydrogens is 376 g/mol. The summed E-state index contributed by atoms with van der Waals surface area (Å²) in [4.78, 5) is 40.1. The van der Waals surface area contributed by atoms with Gasteiger partial charge in [-0.2, -0.15) is 0 Å². The maximum absolute atomic E-state index is 12.6. The maximum Gasteiger partial charge on any atom is 0.352 e. The molecule has 1 N–H and O–H groups in total. The number of aromatic nitrogens is 1. The normalized spacial score (nSPS) is 22.1. The number of hydrogen-bond donors (Lipinski definition) is 1. The van der Waals surface area contributed by atoms with Crippen molar-refractivity contribution in [3.05, 3.63) is 59.6 Å². The number of ether oxygens (including phenoxy) is 1. The fraction of sp³-hybridized carbons (Fsp3) is 0.176. The number of pyridine rings is 1. The minimum Gasteiger partial charge on any atom is -0.477 e. The average molecular weight is 390 g/mol. The first kappa shape index (κ1) is 18.5. The van der Waals surface area contributed by atoms with Gasteiger partial charge < -0.3 is 9.84 Å². The second kappa shape index (κ2) is 6.80. The number of aliphatic carboxylic acids is 1. The molecule has 2 aliphatic heterocycles. The highest BCUT2D eigenvalue weighted by Gasteiger charge is 2.56. The van der Waals surface area contributed by atoms with Crippen molar-refractivity contribution in [2.75, 3.05) is 12.4 Å². The molecule has 10 heteroatoms. The molecule has 1 aromatic heterocycles. The van der Waals surface area contributed by atoms with Gasteiger partial charge in [0.25, 0.3) is 5.91 Å². The lowest BCUT2D eigenvalue weighted by Gasteiger charge is -2.45. The first-order valence-corrected chi connectivity index (χ1v) is 9.40. The Morgan fingerprint density at radius 1 is 1.41 bits per heavy atom. The molecule has 1 aromatic rings. The van der Waals surface area contributed by atoms with Crippen molar-refractivity contribution in [3.8, 4) is 0 Å². The topological polar surface area (TPSA) is 131 Å². The summed E-state index contributed by atoms with van der Waals surface area (Å²) in [6.45, 7) is 2.64. The summed E-state index contributed by atoms with van der Waals surface area (Å²) in [5.41, 5.74) is -0.356. The van der Waals surface area contributed by atoms with Crippen LogP contribution < -0.4 is 0 Å². The van der Waals surface area contributed by atoms with Gasteiger partial charge in [0, 0.05) is 17.8 Å². The number of nitrogens with zero attached hydrogens (tertiary/aromatic N) is 2. The first-order valence-electron chi connectivity index (χ1n) is 7.68. The summed E-state index contributed by atoms with van der Waals surface area (Å²) < 4.78 is 30.0. The Morgan fingerprint density at radius 3 is 2.74 bits per heavy atom. The van der Waals surface area contributed by atoms with Crippen LogP contribution in [-0.2, 0) is 29.0 Å². The van der Waals surface area contributed by atoms with Gasteiger partial charge >= 0.3 is 11.9 Å². The van der Waals surface area contributed by atoms with E-state index < -0.39 is 51.1 Å². The Hall–Kier alpha value is -3.27. The number of carbonyl (C=O) groups excluding carboxylic acids is 2. The maximum atomic E-state index is 12.6. The number of carboxylic acid groups (broad SMARTS) is 1. The molecule has 1 unspecified atom stereocenters. The second-order valence-electron chi connectivity index (χ2n) is 5.76. The minimum atomic E-state index is -3.93. The highest BCUT2D eigenvalue weighted by atomic mass is 32.2. The predicted molar refractivity (Wildman–Crippen MR) is 92.5 cm³/mol. The summed E-state index contributed by atoms with van der Waals surface area (Å²) in [6.07, 6.45) is 3.67. The molecule has 3 heterocycles. The molecule has 9 nitrogen and oxygen atoms in total. The van der Waals surface area contributed by atoms with E-state index in [1.165, 1.54) is 12.3 Å². The third-order valence-corrected chi connectivity index (χ3v) is 5.90. The van der Waals surface area contributed by atoms with E-state index in [9.17, 15) is 27.9 Å². The Balaban J connectivity index is 2.02. The zero-order valence-electron chi connectivity index (χ0n) is 13.9. The van der Waals surface area contributed by atoms with E-state index in [0.29, 0.717) is 10.6 Å². The number of carboxylic acids is 1. The fourth-order valence-corrected chi connectivity index (χ4v) is 4.83. The van der Waals surface area contributed by atoms with Gasteiger partial charge in [-0.15, -0.1) is 0 Å². The smallest absolute Gasteiger partial charge is 0.352 e. The standard InChI is InChI=1S/C17H14N2O7S/c1-2-13(20)26-8-10-9-27(24,25)16-12(7-11-5-3-4-6-18-11)15(21)19(16)14(10)17(22)23/h2-7,16H,1,8-9H2,(H,22,23)/b12-7-. The van der Waals surface area contributed by atoms with Gasteiger partial charge in [0.05, 0.1) is 17.0 Å². The number of β-lactam (4-membered cyclic amide) rings is 1. The molecule has 0 aliphatic carbocycles. The molecule has 3 rings (SSSR count). The van der Waals surface area contributed by atoms with Crippen LogP contribution in [0.5, 0.6) is 0 Å². The van der Waals surface area contributed by atoms with Gasteiger partial charge in [-0.3, -0.25) is 14.7 Å². The summed E-state index contributed by atoms with van der Waals surface area (Å²) in [5, 5.41) is 8.07. The van der Waals surface area contributed by atoms with Crippen molar-refractivity contribution in [2.45, 2.75) is 5.37 Å². The van der Waals surface area contributed by atoms with Gasteiger partial charge in [-0.1, -0.05) is 12.6 Å². The first-order chi connectivity index (χ1) is 12.8. The molecule has 0 radical (unpaired) electrons. The van der Waals surface area contributed by atoms with E-state index in [0.717, 1.165) is 6.08 Å². The summed E-state index contributed by atoms with van der Waals surface area (Å²) in [6, 6.07) is 4.92. The van der Waals surface area contributed by atoms with Crippen molar-refractivity contribution in [1.29, 1.82) is 0 Å². The lowest BCUT2D eigenvalue weighted by atomic mass is 10.0. The molecule has 0 aromatic carbocycles. The van der Waals surface area contributed by atoms with Crippen LogP contribution >= 0.6 is 0 Å². The van der Waals surface area contributed by atoms with Crippen LogP contribution in [-0.4, -0.2) is 59.0 Å². The molecule has 0 spiro atoms. The lowest BCUT2D eigenvalue weighted by Crippen LogP contribution is -2.62. The number of fused-ring (bicyclic) bond motifs is 1. The molecule has 1 amide bonds. The lowest BCUT2D eigenvalue weighted by molar-refractivity contribution is -0.142. The Kier molecular flexibility index (Phi) is 4.66. The fourth-order valence-electron chi connectivity index (χ4n) is 2.89. The number of hydrogen-bond acceptors (Lipinski definition) is 7. The van der Waals surface area contributed by atoms with E-state index in [-0.39, 0.29) is 11.1 Å². The van der Waals surface area contributed by atoms with E-state index in [1.54, 1.807) is 18.2 Å². The van der Waals surface area contributed by atoms with Gasteiger partial charge in [0.15, 0.2) is 15.2 Å². The van der Waals surface area contributed by atoms with Crippen LogP contribution in [0.25, 0.3) is 6.08 Å². The molecule has 2 aliphatic rings. The van der Waals surface area contributed by atoms with Crippen LogP contribution in [0.15, 0.2) is 53.9 Å². The number of amides is 1. The van der Waals surface area contributed by atoms with Crippen molar-refractivity contribution in [1.82, 2.24) is 9.88 Å². The third kappa shape index (κ3) is 3.26. The van der Waals surface area contributed by atoms with E-state index in [4.69, 9.17) is 4.74 Å². The summed E-state index contributed by atoms with van der Waals surface area (Å²) in [5.74, 6) is -3.71. The van der Waals surface area contributed by atoms with E-state index in [2.05, 4.69) is 11.6 Å². The van der Waals surface area contributed by atoms with Gasteiger partial charge in [0.1, 0.15) is 12.3 Å². The third-order valence-electron chi connectivity index (χ3n) is 4.01. The Labute approximate surface area is 154 Å². The molecule has 140 valence electrons. The minimum absolute atomic E-state index is 0.0606. The zero-order valence-corrected chi connectivity index (χ0v) is 14.7. The van der Waals surface area contributed by atoms with Crippen molar-refractivity contribution < 1.29 is 32.6 Å². The summed E-state index contributed by atoms with van der Waals surface area (Å²) >= 11 is 0. The van der Waals surface area contributed by atoms with Crippen LogP contribution in [0.4, 0.5) is 0 Å². The van der Waals surface area contributed by atoms with Crippen LogP contribution in [0, 0.1) is 0 Å². The van der Waals surface area contributed by atoms with Crippen LogP contribution in [0.3, 0.4) is 0 Å². The molecule has 0 saturated carbocycles. The van der Waals surface area contributed by atoms with Crippen LogP contribution in [0.2, 0.25) is 0 Å². The zero-order chi connectivity index (χ0) is 19.8. The SMILES string of the molecule is C=CC(=O)OCC1=C(C(=O)O)N2C(=O)/C(=C/c3ccccn3)C2S(=O)(=O)C1. The number of esters is 1. The molecule has 1 atom stereocenters. The number of sulfone groups is 1. The van der Waals surface area contributed by atoms with Crippen LogP contribution in [0.1, 0.15) is 5.69 Å². The molecule has 1 saturated heterocycles. The summed E-state index contributed by atoms with van der Waals surface area (Å²) in [7, 11) is -3.93. The average Bonchev–Trinajstić information content (AvgIpc) is 2.63. The van der Waals surface area contributed by atoms with Crippen molar-refractivity contribution in [2.24, 2.45) is 0 Å². The van der Waals surface area contributed by atoms with Gasteiger partial charge in [-0.25, -0.2) is 18.0 Å². The molecule has 27 heavy (non-hydrogen) atoms. The van der Waals surface area contributed by atoms with Gasteiger partial charge in [0.2, 0.25) is 0 Å². The number of carbonyl (C=O) groups is 3. The van der Waals surface area contributed by atoms with Gasteiger partial charge in [-0.05, 0) is 18.2 Å². The Bertz CT molecular complexity index is 1010. The van der Waals surface area contributed by atoms with E-state index >= 15 is 0 Å². The molecular formula is C17H14N2O7S. The van der Waals surface area contributed by atoms with Crippen molar-refractivity contribution in [3.63, 3.8) is 0 Å². The highest BCUT2D eigenvalue weighted by molar-refractivity contribution is 7.92. The predicted octanol–water partition coefficient (Wildman–Crippen LogP) is 0.130. The molecule has 0 bridgehead atoms. The molecule has 1 fully saturated rings. The highest BCUT2D eigenvalue weighted by Crippen LogP contribution is 2.40. The quantitative estimate of drug-likeness (QED) is 0.426. The monoisotopic (exact) mass is 390 g/mol.